The number of hydrogen-bond donors (Lipinski definition) is 0. The van der Waals surface area contributed by atoms with Gasteiger partial charge >= 0.3 is 0 Å². The molecule has 0 nitrogen and oxygen atoms in total. The highest BCUT2D eigenvalue weighted by Gasteiger charge is 2.53. The highest BCUT2D eigenvalue weighted by molar-refractivity contribution is 6.31. The molecule has 1 spiro atoms. The van der Waals surface area contributed by atoms with Gasteiger partial charge in [0.25, 0.3) is 0 Å². The molecule has 0 saturated heterocycles. The van der Waals surface area contributed by atoms with E-state index in [0.29, 0.717) is 0 Å². The summed E-state index contributed by atoms with van der Waals surface area (Å²) in [5.41, 5.74) is 13.2. The van der Waals surface area contributed by atoms with Crippen molar-refractivity contribution in [1.29, 1.82) is 0 Å². The van der Waals surface area contributed by atoms with Crippen molar-refractivity contribution >= 4 is 43.1 Å². The van der Waals surface area contributed by atoms with Crippen LogP contribution in [0.4, 0.5) is 0 Å². The van der Waals surface area contributed by atoms with Crippen molar-refractivity contribution in [2.24, 2.45) is 0 Å². The van der Waals surface area contributed by atoms with Crippen molar-refractivity contribution < 1.29 is 0 Å². The van der Waals surface area contributed by atoms with Gasteiger partial charge in [-0.3, -0.25) is 0 Å². The van der Waals surface area contributed by atoms with Gasteiger partial charge in [-0.25, -0.2) is 0 Å². The Bertz CT molecular complexity index is 2660. The molecule has 9 aromatic carbocycles. The highest BCUT2D eigenvalue weighted by Crippen LogP contribution is 2.65. The first-order valence-corrected chi connectivity index (χ1v) is 15.9. The molecule has 0 saturated carbocycles. The van der Waals surface area contributed by atoms with E-state index < -0.39 is 0 Å². The normalized spacial score (nSPS) is 14.0. The van der Waals surface area contributed by atoms with Crippen LogP contribution in [0.25, 0.3) is 76.5 Å². The molecule has 0 aliphatic heterocycles. The lowest BCUT2D eigenvalue weighted by Gasteiger charge is -2.32. The molecule has 11 rings (SSSR count). The minimum Gasteiger partial charge on any atom is -0.0619 e. The molecule has 0 heterocycles. The van der Waals surface area contributed by atoms with Gasteiger partial charge in [0, 0.05) is 0 Å². The average molecular weight is 567 g/mol. The molecule has 0 unspecified atom stereocenters. The van der Waals surface area contributed by atoms with Crippen LogP contribution in [0.2, 0.25) is 0 Å². The van der Waals surface area contributed by atoms with Crippen molar-refractivity contribution in [2.45, 2.75) is 5.41 Å². The molecule has 2 aliphatic carbocycles. The number of hydrogen-bond acceptors (Lipinski definition) is 0. The van der Waals surface area contributed by atoms with Crippen LogP contribution in [-0.4, -0.2) is 0 Å². The van der Waals surface area contributed by atoms with Crippen LogP contribution in [0.3, 0.4) is 0 Å². The molecule has 0 aromatic heterocycles. The Kier molecular flexibility index (Phi) is 4.35. The fourth-order valence-electron chi connectivity index (χ4n) is 9.16. The van der Waals surface area contributed by atoms with E-state index in [0.717, 1.165) is 0 Å². The highest BCUT2D eigenvalue weighted by atomic mass is 14.5. The summed E-state index contributed by atoms with van der Waals surface area (Å²) in [6.07, 6.45) is 0. The Balaban J connectivity index is 1.37. The Labute approximate surface area is 261 Å². The molecule has 0 N–H and O–H groups in total. The third-order valence-electron chi connectivity index (χ3n) is 10.8. The quantitative estimate of drug-likeness (QED) is 0.173. The van der Waals surface area contributed by atoms with Gasteiger partial charge in [-0.2, -0.15) is 0 Å². The topological polar surface area (TPSA) is 0 Å². The van der Waals surface area contributed by atoms with Crippen LogP contribution in [0.1, 0.15) is 22.3 Å². The van der Waals surface area contributed by atoms with Gasteiger partial charge in [-0.15, -0.1) is 0 Å². The molecule has 0 heteroatoms. The van der Waals surface area contributed by atoms with Crippen LogP contribution in [0.5, 0.6) is 0 Å². The minimum atomic E-state index is -0.383. The maximum absolute atomic E-state index is 2.43. The zero-order valence-electron chi connectivity index (χ0n) is 24.5. The third kappa shape index (κ3) is 2.75. The van der Waals surface area contributed by atoms with Crippen molar-refractivity contribution in [3.8, 4) is 33.4 Å². The smallest absolute Gasteiger partial charge is 0.0619 e. The Hall–Kier alpha value is -5.72. The van der Waals surface area contributed by atoms with E-state index in [-0.39, 0.29) is 5.41 Å². The van der Waals surface area contributed by atoms with Gasteiger partial charge in [0.1, 0.15) is 0 Å². The second-order valence-electron chi connectivity index (χ2n) is 12.8. The van der Waals surface area contributed by atoms with E-state index in [1.54, 1.807) is 0 Å². The largest absolute Gasteiger partial charge is 0.0731 e. The molecular weight excluding hydrogens is 540 g/mol. The van der Waals surface area contributed by atoms with E-state index in [1.807, 2.05) is 0 Å². The van der Waals surface area contributed by atoms with Crippen LogP contribution in [0, 0.1) is 0 Å². The van der Waals surface area contributed by atoms with Crippen LogP contribution in [-0.2, 0) is 5.41 Å². The molecule has 45 heavy (non-hydrogen) atoms. The predicted octanol–water partition coefficient (Wildman–Crippen LogP) is 11.7. The summed E-state index contributed by atoms with van der Waals surface area (Å²) in [7, 11) is 0. The number of fused-ring (bicyclic) bond motifs is 13. The number of benzene rings is 9. The minimum absolute atomic E-state index is 0.383. The maximum atomic E-state index is 2.43. The third-order valence-corrected chi connectivity index (χ3v) is 10.8. The first kappa shape index (κ1) is 23.7. The summed E-state index contributed by atoms with van der Waals surface area (Å²) >= 11 is 0. The first-order valence-electron chi connectivity index (χ1n) is 15.9. The average Bonchev–Trinajstić information content (AvgIpc) is 3.58. The Morgan fingerprint density at radius 3 is 1.69 bits per heavy atom. The monoisotopic (exact) mass is 566 g/mol. The standard InChI is InChI=1S/C45H26/c1-2-12-28-25-29(24-23-27(28)11-1)37-26-30-13-9-18-35-41(30)42-33(37)17-10-19-36(42)44-43(35)34-16-5-8-22-40(34)45(44)38-20-6-3-14-31(38)32-15-4-7-21-39(32)45/h1-26H. The first-order chi connectivity index (χ1) is 22.3. The lowest BCUT2D eigenvalue weighted by molar-refractivity contribution is 0.802. The molecule has 0 amide bonds. The zero-order valence-corrected chi connectivity index (χ0v) is 24.5. The van der Waals surface area contributed by atoms with Gasteiger partial charge < -0.3 is 0 Å². The fourth-order valence-corrected chi connectivity index (χ4v) is 9.16. The second kappa shape index (κ2) is 8.25. The summed E-state index contributed by atoms with van der Waals surface area (Å²) in [6, 6.07) is 59.4. The number of rotatable bonds is 1. The van der Waals surface area contributed by atoms with Crippen molar-refractivity contribution in [1.82, 2.24) is 0 Å². The van der Waals surface area contributed by atoms with E-state index in [2.05, 4.69) is 158 Å². The lowest BCUT2D eigenvalue weighted by Crippen LogP contribution is -2.26. The van der Waals surface area contributed by atoms with Crippen LogP contribution < -0.4 is 0 Å². The summed E-state index contributed by atoms with van der Waals surface area (Å²) in [4.78, 5) is 0. The van der Waals surface area contributed by atoms with E-state index in [9.17, 15) is 0 Å². The summed E-state index contributed by atoms with van der Waals surface area (Å²) in [6.45, 7) is 0. The molecular formula is C45H26. The SMILES string of the molecule is c1ccc2c(c1)-c1ccccc1C21c2ccccc2-c2c1c1cccc3c(-c4ccc5ccccc5c4)cc4cccc2c4c31. The molecule has 0 fully saturated rings. The van der Waals surface area contributed by atoms with Gasteiger partial charge in [-0.05, 0) is 111 Å². The fraction of sp³-hybridized carbons (Fsp3) is 0.0222. The molecule has 0 atom stereocenters. The second-order valence-corrected chi connectivity index (χ2v) is 12.8. The van der Waals surface area contributed by atoms with Gasteiger partial charge in [0.2, 0.25) is 0 Å². The van der Waals surface area contributed by atoms with Crippen LogP contribution in [0.15, 0.2) is 158 Å². The molecule has 0 radical (unpaired) electrons. The van der Waals surface area contributed by atoms with E-state index in [1.165, 1.54) is 98.7 Å². The van der Waals surface area contributed by atoms with Crippen molar-refractivity contribution in [3.05, 3.63) is 180 Å². The molecule has 9 aromatic rings. The predicted molar refractivity (Wildman–Crippen MR) is 189 cm³/mol. The van der Waals surface area contributed by atoms with Gasteiger partial charge in [0.05, 0.1) is 5.41 Å². The summed E-state index contributed by atoms with van der Waals surface area (Å²) < 4.78 is 0. The molecule has 0 bridgehead atoms. The van der Waals surface area contributed by atoms with E-state index >= 15 is 0 Å². The van der Waals surface area contributed by atoms with E-state index in [4.69, 9.17) is 0 Å². The molecule has 2 aliphatic rings. The Morgan fingerprint density at radius 2 is 0.911 bits per heavy atom. The lowest BCUT2D eigenvalue weighted by atomic mass is 9.68. The maximum Gasteiger partial charge on any atom is 0.0731 e. The van der Waals surface area contributed by atoms with Crippen LogP contribution >= 0.6 is 0 Å². The van der Waals surface area contributed by atoms with Gasteiger partial charge in [0.15, 0.2) is 0 Å². The summed E-state index contributed by atoms with van der Waals surface area (Å²) in [5, 5.41) is 10.6. The zero-order chi connectivity index (χ0) is 29.3. The van der Waals surface area contributed by atoms with Gasteiger partial charge in [-0.1, -0.05) is 146 Å². The summed E-state index contributed by atoms with van der Waals surface area (Å²) in [5.74, 6) is 0. The van der Waals surface area contributed by atoms with Crippen molar-refractivity contribution in [2.75, 3.05) is 0 Å². The Morgan fingerprint density at radius 1 is 0.333 bits per heavy atom. The molecule has 206 valence electrons. The van der Waals surface area contributed by atoms with Crippen molar-refractivity contribution in [3.63, 3.8) is 0 Å².